The van der Waals surface area contributed by atoms with Gasteiger partial charge in [-0.3, -0.25) is 4.79 Å². The fourth-order valence-corrected chi connectivity index (χ4v) is 2.95. The van der Waals surface area contributed by atoms with Gasteiger partial charge in [0.1, 0.15) is 4.34 Å². The summed E-state index contributed by atoms with van der Waals surface area (Å²) in [4.78, 5) is 14.7. The van der Waals surface area contributed by atoms with E-state index in [-0.39, 0.29) is 6.42 Å². The number of benzene rings is 1. The second-order valence-corrected chi connectivity index (χ2v) is 5.59. The molecule has 0 saturated heterocycles. The molecule has 0 aliphatic rings. The number of hydrogen-bond donors (Lipinski definition) is 1. The number of thiazole rings is 1. The largest absolute Gasteiger partial charge is 0.481 e. The van der Waals surface area contributed by atoms with Gasteiger partial charge in [0, 0.05) is 17.3 Å². The van der Waals surface area contributed by atoms with Gasteiger partial charge in [-0.25, -0.2) is 4.98 Å². The Balaban J connectivity index is 1.91. The number of carboxylic acids is 1. The average Bonchev–Trinajstić information content (AvgIpc) is 2.80. The first-order chi connectivity index (χ1) is 8.24. The highest BCUT2D eigenvalue weighted by atomic mass is 32.2. The van der Waals surface area contributed by atoms with Crippen molar-refractivity contribution in [3.05, 3.63) is 47.0 Å². The Kier molecular flexibility index (Phi) is 4.17. The van der Waals surface area contributed by atoms with Gasteiger partial charge in [-0.15, -0.1) is 11.3 Å². The number of aromatic nitrogens is 1. The molecule has 17 heavy (non-hydrogen) atoms. The first kappa shape index (κ1) is 12.1. The highest BCUT2D eigenvalue weighted by Crippen LogP contribution is 2.24. The Morgan fingerprint density at radius 2 is 2.00 bits per heavy atom. The highest BCUT2D eigenvalue weighted by molar-refractivity contribution is 8.00. The van der Waals surface area contributed by atoms with E-state index in [0.29, 0.717) is 0 Å². The lowest BCUT2D eigenvalue weighted by atomic mass is 10.1. The van der Waals surface area contributed by atoms with Gasteiger partial charge in [-0.1, -0.05) is 36.0 Å². The van der Waals surface area contributed by atoms with Crippen LogP contribution >= 0.6 is 23.1 Å². The number of rotatable bonds is 5. The van der Waals surface area contributed by atoms with Crippen molar-refractivity contribution >= 4 is 29.1 Å². The summed E-state index contributed by atoms with van der Waals surface area (Å²) in [6.45, 7) is 0. The van der Waals surface area contributed by atoms with Gasteiger partial charge in [0.25, 0.3) is 0 Å². The van der Waals surface area contributed by atoms with Crippen LogP contribution in [-0.4, -0.2) is 16.1 Å². The van der Waals surface area contributed by atoms with Gasteiger partial charge in [0.2, 0.25) is 0 Å². The van der Waals surface area contributed by atoms with Crippen molar-refractivity contribution in [3.8, 4) is 0 Å². The minimum absolute atomic E-state index is 0.0832. The molecule has 0 aliphatic carbocycles. The van der Waals surface area contributed by atoms with Crippen LogP contribution < -0.4 is 0 Å². The van der Waals surface area contributed by atoms with Crippen molar-refractivity contribution < 1.29 is 9.90 Å². The molecule has 88 valence electrons. The topological polar surface area (TPSA) is 50.2 Å². The number of thioether (sulfide) groups is 1. The minimum Gasteiger partial charge on any atom is -0.481 e. The Labute approximate surface area is 108 Å². The minimum atomic E-state index is -0.796. The van der Waals surface area contributed by atoms with E-state index in [4.69, 9.17) is 5.11 Å². The zero-order valence-corrected chi connectivity index (χ0v) is 10.6. The molecule has 0 amide bonds. The molecule has 0 saturated carbocycles. The van der Waals surface area contributed by atoms with E-state index in [2.05, 4.69) is 4.98 Å². The second-order valence-electron chi connectivity index (χ2n) is 3.47. The first-order valence-electron chi connectivity index (χ1n) is 5.06. The molecule has 3 nitrogen and oxygen atoms in total. The number of hydrogen-bond acceptors (Lipinski definition) is 4. The van der Waals surface area contributed by atoms with Crippen LogP contribution in [0.15, 0.2) is 40.2 Å². The maximum atomic E-state index is 10.5. The summed E-state index contributed by atoms with van der Waals surface area (Å²) in [5.41, 5.74) is 2.01. The Bertz CT molecular complexity index is 480. The molecule has 1 N–H and O–H groups in total. The summed E-state index contributed by atoms with van der Waals surface area (Å²) < 4.78 is 1.06. The van der Waals surface area contributed by atoms with E-state index in [1.54, 1.807) is 29.3 Å². The number of carboxylic acid groups (broad SMARTS) is 1. The number of aliphatic carboxylic acids is 1. The summed E-state index contributed by atoms with van der Waals surface area (Å²) in [5.74, 6) is 0.0656. The smallest absolute Gasteiger partial charge is 0.307 e. The monoisotopic (exact) mass is 265 g/mol. The van der Waals surface area contributed by atoms with Crippen LogP contribution in [0, 0.1) is 0 Å². The highest BCUT2D eigenvalue weighted by Gasteiger charge is 2.01. The molecule has 0 atom stereocenters. The zero-order chi connectivity index (χ0) is 12.1. The van der Waals surface area contributed by atoms with Crippen LogP contribution in [0.4, 0.5) is 0 Å². The lowest BCUT2D eigenvalue weighted by Crippen LogP contribution is -1.99. The fraction of sp³-hybridized carbons (Fsp3) is 0.167. The van der Waals surface area contributed by atoms with Gasteiger partial charge in [0.05, 0.1) is 6.42 Å². The molecular formula is C12H11NO2S2. The molecular weight excluding hydrogens is 254 g/mol. The predicted octanol–water partition coefficient (Wildman–Crippen LogP) is 3.06. The predicted molar refractivity (Wildman–Crippen MR) is 69.5 cm³/mol. The van der Waals surface area contributed by atoms with E-state index in [1.165, 1.54) is 5.56 Å². The third-order valence-corrected chi connectivity index (χ3v) is 4.19. The molecule has 5 heteroatoms. The standard InChI is InChI=1S/C12H11NO2S2/c14-11(15)7-9-1-3-10(4-2-9)8-17-12-13-5-6-16-12/h1-6H,7-8H2,(H,14,15). The van der Waals surface area contributed by atoms with E-state index in [1.807, 2.05) is 29.6 Å². The molecule has 0 unspecified atom stereocenters. The van der Waals surface area contributed by atoms with Crippen LogP contribution in [0.25, 0.3) is 0 Å². The van der Waals surface area contributed by atoms with Crippen LogP contribution in [0.2, 0.25) is 0 Å². The molecule has 0 spiro atoms. The maximum absolute atomic E-state index is 10.5. The van der Waals surface area contributed by atoms with E-state index in [0.717, 1.165) is 15.7 Å². The van der Waals surface area contributed by atoms with Crippen molar-refractivity contribution in [2.24, 2.45) is 0 Å². The van der Waals surface area contributed by atoms with Crippen molar-refractivity contribution in [1.82, 2.24) is 4.98 Å². The lowest BCUT2D eigenvalue weighted by molar-refractivity contribution is -0.136. The molecule has 0 bridgehead atoms. The maximum Gasteiger partial charge on any atom is 0.307 e. The summed E-state index contributed by atoms with van der Waals surface area (Å²) in [7, 11) is 0. The van der Waals surface area contributed by atoms with Crippen molar-refractivity contribution in [1.29, 1.82) is 0 Å². The molecule has 1 aromatic carbocycles. The normalized spacial score (nSPS) is 10.4. The molecule has 1 aromatic heterocycles. The molecule has 0 fully saturated rings. The lowest BCUT2D eigenvalue weighted by Gasteiger charge is -2.01. The zero-order valence-electron chi connectivity index (χ0n) is 9.00. The Hall–Kier alpha value is -1.33. The third kappa shape index (κ3) is 3.87. The molecule has 2 rings (SSSR count). The van der Waals surface area contributed by atoms with Gasteiger partial charge >= 0.3 is 5.97 Å². The van der Waals surface area contributed by atoms with Crippen molar-refractivity contribution in [2.45, 2.75) is 16.5 Å². The summed E-state index contributed by atoms with van der Waals surface area (Å²) in [6.07, 6.45) is 1.88. The molecule has 2 aromatic rings. The molecule has 0 aliphatic heterocycles. The van der Waals surface area contributed by atoms with E-state index in [9.17, 15) is 4.79 Å². The second kappa shape index (κ2) is 5.84. The van der Waals surface area contributed by atoms with Crippen LogP contribution in [-0.2, 0) is 17.0 Å². The van der Waals surface area contributed by atoms with Crippen LogP contribution in [0.1, 0.15) is 11.1 Å². The molecule has 1 heterocycles. The fourth-order valence-electron chi connectivity index (χ4n) is 1.35. The van der Waals surface area contributed by atoms with E-state index >= 15 is 0 Å². The van der Waals surface area contributed by atoms with Gasteiger partial charge < -0.3 is 5.11 Å². The SMILES string of the molecule is O=C(O)Cc1ccc(CSc2nccs2)cc1. The summed E-state index contributed by atoms with van der Waals surface area (Å²) >= 11 is 3.32. The molecule has 0 radical (unpaired) electrons. The van der Waals surface area contributed by atoms with E-state index < -0.39 is 5.97 Å². The number of carbonyl (C=O) groups is 1. The van der Waals surface area contributed by atoms with Gasteiger partial charge in [-0.2, -0.15) is 0 Å². The van der Waals surface area contributed by atoms with Gasteiger partial charge in [0.15, 0.2) is 0 Å². The number of nitrogens with zero attached hydrogens (tertiary/aromatic N) is 1. The van der Waals surface area contributed by atoms with Gasteiger partial charge in [-0.05, 0) is 11.1 Å². The van der Waals surface area contributed by atoms with Crippen LogP contribution in [0.3, 0.4) is 0 Å². The third-order valence-electron chi connectivity index (χ3n) is 2.15. The van der Waals surface area contributed by atoms with Crippen LogP contribution in [0.5, 0.6) is 0 Å². The first-order valence-corrected chi connectivity index (χ1v) is 6.92. The average molecular weight is 265 g/mol. The Morgan fingerprint density at radius 1 is 1.29 bits per heavy atom. The summed E-state index contributed by atoms with van der Waals surface area (Å²) in [5, 5.41) is 10.6. The van der Waals surface area contributed by atoms with Crippen molar-refractivity contribution in [2.75, 3.05) is 0 Å². The van der Waals surface area contributed by atoms with Crippen molar-refractivity contribution in [3.63, 3.8) is 0 Å². The Morgan fingerprint density at radius 3 is 2.59 bits per heavy atom. The quantitative estimate of drug-likeness (QED) is 0.844. The summed E-state index contributed by atoms with van der Waals surface area (Å²) in [6, 6.07) is 7.68.